The maximum atomic E-state index is 9.89. The Morgan fingerprint density at radius 3 is 2.12 bits per heavy atom. The summed E-state index contributed by atoms with van der Waals surface area (Å²) in [6.45, 7) is 1.97. The van der Waals surface area contributed by atoms with Gasteiger partial charge in [-0.25, -0.2) is 0 Å². The molecule has 3 aromatic rings. The SMILES string of the molecule is NC1OC(CNCCn2c3ccccc3c3ccccc32)C(O)C1O. The number of aromatic nitrogens is 1. The molecule has 1 aliphatic rings. The molecule has 132 valence electrons. The van der Waals surface area contributed by atoms with E-state index in [1.807, 2.05) is 0 Å². The summed E-state index contributed by atoms with van der Waals surface area (Å²) in [5.41, 5.74) is 8.02. The van der Waals surface area contributed by atoms with E-state index in [2.05, 4.69) is 58.4 Å². The number of para-hydroxylation sites is 2. The monoisotopic (exact) mass is 341 g/mol. The fourth-order valence-electron chi connectivity index (χ4n) is 3.63. The van der Waals surface area contributed by atoms with Gasteiger partial charge in [0.2, 0.25) is 0 Å². The first-order valence-electron chi connectivity index (χ1n) is 8.60. The number of nitrogens with two attached hydrogens (primary N) is 1. The van der Waals surface area contributed by atoms with Crippen LogP contribution in [0.1, 0.15) is 0 Å². The molecule has 2 aromatic carbocycles. The third kappa shape index (κ3) is 2.92. The lowest BCUT2D eigenvalue weighted by Crippen LogP contribution is -2.39. The molecule has 1 aromatic heterocycles. The number of fused-ring (bicyclic) bond motifs is 3. The molecular formula is C19H23N3O3. The molecule has 2 heterocycles. The predicted molar refractivity (Wildman–Crippen MR) is 97.2 cm³/mol. The van der Waals surface area contributed by atoms with Crippen LogP contribution >= 0.6 is 0 Å². The van der Waals surface area contributed by atoms with Crippen LogP contribution in [-0.4, -0.2) is 52.4 Å². The van der Waals surface area contributed by atoms with Crippen molar-refractivity contribution in [3.8, 4) is 0 Å². The van der Waals surface area contributed by atoms with E-state index in [4.69, 9.17) is 10.5 Å². The molecule has 0 radical (unpaired) electrons. The van der Waals surface area contributed by atoms with E-state index in [1.54, 1.807) is 0 Å². The third-order valence-corrected chi connectivity index (χ3v) is 4.94. The van der Waals surface area contributed by atoms with Crippen molar-refractivity contribution in [2.75, 3.05) is 13.1 Å². The number of nitrogens with zero attached hydrogens (tertiary/aromatic N) is 1. The van der Waals surface area contributed by atoms with Gasteiger partial charge in [-0.15, -0.1) is 0 Å². The molecule has 4 atom stereocenters. The minimum absolute atomic E-state index is 0.447. The molecule has 0 bridgehead atoms. The molecule has 1 saturated heterocycles. The van der Waals surface area contributed by atoms with E-state index >= 15 is 0 Å². The largest absolute Gasteiger partial charge is 0.387 e. The second-order valence-corrected chi connectivity index (χ2v) is 6.51. The Kier molecular flexibility index (Phi) is 4.45. The van der Waals surface area contributed by atoms with Gasteiger partial charge in [0.15, 0.2) is 0 Å². The van der Waals surface area contributed by atoms with Crippen LogP contribution < -0.4 is 11.1 Å². The van der Waals surface area contributed by atoms with Gasteiger partial charge in [-0.3, -0.25) is 0 Å². The molecule has 4 rings (SSSR count). The Morgan fingerprint density at radius 2 is 1.56 bits per heavy atom. The lowest BCUT2D eigenvalue weighted by Gasteiger charge is -2.15. The van der Waals surface area contributed by atoms with Crippen LogP contribution in [0.2, 0.25) is 0 Å². The number of benzene rings is 2. The Labute approximate surface area is 145 Å². The van der Waals surface area contributed by atoms with Gasteiger partial charge >= 0.3 is 0 Å². The van der Waals surface area contributed by atoms with Crippen molar-refractivity contribution >= 4 is 21.8 Å². The zero-order chi connectivity index (χ0) is 17.4. The summed E-state index contributed by atoms with van der Waals surface area (Å²) in [5, 5.41) is 25.3. The number of aliphatic hydroxyl groups is 2. The Morgan fingerprint density at radius 1 is 0.960 bits per heavy atom. The number of rotatable bonds is 5. The molecule has 6 heteroatoms. The van der Waals surface area contributed by atoms with Crippen molar-refractivity contribution in [2.45, 2.75) is 31.1 Å². The van der Waals surface area contributed by atoms with E-state index in [1.165, 1.54) is 21.8 Å². The summed E-state index contributed by atoms with van der Waals surface area (Å²) in [7, 11) is 0. The Bertz CT molecular complexity index is 825. The summed E-state index contributed by atoms with van der Waals surface area (Å²) in [6.07, 6.45) is -3.28. The first kappa shape index (κ1) is 16.5. The van der Waals surface area contributed by atoms with Crippen molar-refractivity contribution < 1.29 is 14.9 Å². The quantitative estimate of drug-likeness (QED) is 0.515. The smallest absolute Gasteiger partial charge is 0.135 e. The van der Waals surface area contributed by atoms with Crippen molar-refractivity contribution in [3.05, 3.63) is 48.5 Å². The van der Waals surface area contributed by atoms with E-state index in [-0.39, 0.29) is 0 Å². The second-order valence-electron chi connectivity index (χ2n) is 6.51. The summed E-state index contributed by atoms with van der Waals surface area (Å²) >= 11 is 0. The molecule has 25 heavy (non-hydrogen) atoms. The van der Waals surface area contributed by atoms with Crippen LogP contribution in [0.25, 0.3) is 21.8 Å². The van der Waals surface area contributed by atoms with Gasteiger partial charge < -0.3 is 30.6 Å². The normalized spacial score (nSPS) is 26.7. The highest BCUT2D eigenvalue weighted by Crippen LogP contribution is 2.28. The maximum absolute atomic E-state index is 9.89. The van der Waals surface area contributed by atoms with Crippen molar-refractivity contribution in [1.82, 2.24) is 9.88 Å². The molecule has 0 saturated carbocycles. The van der Waals surface area contributed by atoms with E-state index in [0.29, 0.717) is 6.54 Å². The van der Waals surface area contributed by atoms with Gasteiger partial charge in [-0.1, -0.05) is 36.4 Å². The second kappa shape index (κ2) is 6.74. The molecular weight excluding hydrogens is 318 g/mol. The molecule has 0 aliphatic carbocycles. The fraction of sp³-hybridized carbons (Fsp3) is 0.368. The number of hydrogen-bond donors (Lipinski definition) is 4. The van der Waals surface area contributed by atoms with Gasteiger partial charge in [-0.2, -0.15) is 0 Å². The third-order valence-electron chi connectivity index (χ3n) is 4.94. The molecule has 6 nitrogen and oxygen atoms in total. The van der Waals surface area contributed by atoms with Crippen LogP contribution in [0.5, 0.6) is 0 Å². The number of hydrogen-bond acceptors (Lipinski definition) is 5. The van der Waals surface area contributed by atoms with Gasteiger partial charge in [0.25, 0.3) is 0 Å². The minimum Gasteiger partial charge on any atom is -0.387 e. The highest BCUT2D eigenvalue weighted by atomic mass is 16.6. The summed E-state index contributed by atoms with van der Waals surface area (Å²) < 4.78 is 7.67. The van der Waals surface area contributed by atoms with Gasteiger partial charge in [0.1, 0.15) is 24.5 Å². The van der Waals surface area contributed by atoms with Crippen LogP contribution in [-0.2, 0) is 11.3 Å². The lowest BCUT2D eigenvalue weighted by molar-refractivity contribution is 0.0123. The van der Waals surface area contributed by atoms with Crippen molar-refractivity contribution in [3.63, 3.8) is 0 Å². The Balaban J connectivity index is 1.46. The zero-order valence-corrected chi connectivity index (χ0v) is 13.9. The molecule has 1 aliphatic heterocycles. The average molecular weight is 341 g/mol. The topological polar surface area (TPSA) is 92.7 Å². The van der Waals surface area contributed by atoms with Crippen LogP contribution in [0.3, 0.4) is 0 Å². The first-order chi connectivity index (χ1) is 12.2. The lowest BCUT2D eigenvalue weighted by atomic mass is 10.1. The zero-order valence-electron chi connectivity index (χ0n) is 13.9. The van der Waals surface area contributed by atoms with Gasteiger partial charge in [0.05, 0.1) is 0 Å². The molecule has 0 spiro atoms. The highest BCUT2D eigenvalue weighted by molar-refractivity contribution is 6.07. The summed E-state index contributed by atoms with van der Waals surface area (Å²) in [4.78, 5) is 0. The van der Waals surface area contributed by atoms with E-state index in [9.17, 15) is 10.2 Å². The molecule has 0 amide bonds. The average Bonchev–Trinajstić information content (AvgIpc) is 3.09. The van der Waals surface area contributed by atoms with Gasteiger partial charge in [0, 0.05) is 41.4 Å². The summed E-state index contributed by atoms with van der Waals surface area (Å²) in [5.74, 6) is 0. The number of aliphatic hydroxyl groups excluding tert-OH is 2. The standard InChI is InChI=1S/C19H23N3O3/c20-19-18(24)17(23)16(25-19)11-21-9-10-22-14-7-3-1-5-12(14)13-6-2-4-8-15(13)22/h1-8,16-19,21,23-24H,9-11,20H2. The van der Waals surface area contributed by atoms with Crippen LogP contribution in [0, 0.1) is 0 Å². The van der Waals surface area contributed by atoms with Crippen LogP contribution in [0.15, 0.2) is 48.5 Å². The number of ether oxygens (including phenoxy) is 1. The van der Waals surface area contributed by atoms with Crippen LogP contribution in [0.4, 0.5) is 0 Å². The highest BCUT2D eigenvalue weighted by Gasteiger charge is 2.40. The first-order valence-corrected chi connectivity index (χ1v) is 8.60. The fourth-order valence-corrected chi connectivity index (χ4v) is 3.63. The number of nitrogens with one attached hydrogen (secondary N) is 1. The molecule has 1 fully saturated rings. The van der Waals surface area contributed by atoms with Gasteiger partial charge in [-0.05, 0) is 12.1 Å². The van der Waals surface area contributed by atoms with E-state index < -0.39 is 24.5 Å². The van der Waals surface area contributed by atoms with E-state index in [0.717, 1.165) is 13.1 Å². The summed E-state index contributed by atoms with van der Waals surface area (Å²) in [6, 6.07) is 16.8. The molecule has 5 N–H and O–H groups in total. The van der Waals surface area contributed by atoms with Crippen molar-refractivity contribution in [2.24, 2.45) is 5.73 Å². The minimum atomic E-state index is -1.02. The maximum Gasteiger partial charge on any atom is 0.135 e. The predicted octanol–water partition coefficient (Wildman–Crippen LogP) is 0.789. The Hall–Kier alpha value is -1.96. The molecule has 4 unspecified atom stereocenters. The van der Waals surface area contributed by atoms with Crippen molar-refractivity contribution in [1.29, 1.82) is 0 Å².